The quantitative estimate of drug-likeness (QED) is 0.334. The second-order valence-corrected chi connectivity index (χ2v) is 11.7. The molecule has 2 aromatic carbocycles. The molecule has 216 valence electrons. The zero-order chi connectivity index (χ0) is 29.4. The number of rotatable bonds is 10. The lowest BCUT2D eigenvalue weighted by Gasteiger charge is -2.34. The van der Waals surface area contributed by atoms with Crippen molar-refractivity contribution in [3.8, 4) is 0 Å². The van der Waals surface area contributed by atoms with Gasteiger partial charge in [0, 0.05) is 49.2 Å². The van der Waals surface area contributed by atoms with Crippen LogP contribution >= 0.6 is 34.5 Å². The van der Waals surface area contributed by atoms with E-state index < -0.39 is 0 Å². The summed E-state index contributed by atoms with van der Waals surface area (Å²) in [6.45, 7) is 7.29. The highest BCUT2D eigenvalue weighted by atomic mass is 35.5. The molecule has 0 radical (unpaired) electrons. The number of aromatic nitrogens is 1. The van der Waals surface area contributed by atoms with Gasteiger partial charge in [-0.3, -0.25) is 19.3 Å². The van der Waals surface area contributed by atoms with Gasteiger partial charge in [0.15, 0.2) is 5.13 Å². The number of hydrogen-bond acceptors (Lipinski definition) is 6. The van der Waals surface area contributed by atoms with Gasteiger partial charge in [-0.25, -0.2) is 4.98 Å². The number of hydrogen-bond donors (Lipinski definition) is 1. The van der Waals surface area contributed by atoms with Crippen LogP contribution in [-0.2, 0) is 16.0 Å². The highest BCUT2D eigenvalue weighted by Crippen LogP contribution is 2.23. The zero-order valence-electron chi connectivity index (χ0n) is 23.1. The van der Waals surface area contributed by atoms with Gasteiger partial charge in [0.1, 0.15) is 6.54 Å². The van der Waals surface area contributed by atoms with E-state index in [0.29, 0.717) is 28.9 Å². The van der Waals surface area contributed by atoms with E-state index in [9.17, 15) is 14.4 Å². The molecule has 1 N–H and O–H groups in total. The minimum Gasteiger partial charge on any atom is -0.340 e. The number of halogens is 2. The van der Waals surface area contributed by atoms with E-state index in [1.165, 1.54) is 27.9 Å². The Hall–Kier alpha value is -3.24. The van der Waals surface area contributed by atoms with E-state index in [1.54, 1.807) is 17.5 Å². The molecule has 41 heavy (non-hydrogen) atoms. The number of thiazole rings is 1. The van der Waals surface area contributed by atoms with Crippen molar-refractivity contribution < 1.29 is 14.4 Å². The van der Waals surface area contributed by atoms with Crippen LogP contribution in [0.25, 0.3) is 6.08 Å². The van der Waals surface area contributed by atoms with E-state index in [0.717, 1.165) is 19.6 Å². The van der Waals surface area contributed by atoms with Crippen molar-refractivity contribution in [2.75, 3.05) is 44.6 Å². The molecule has 4 rings (SSSR count). The molecular weight excluding hydrogens is 581 g/mol. The summed E-state index contributed by atoms with van der Waals surface area (Å²) in [5.41, 5.74) is 2.05. The smallest absolute Gasteiger partial charge is 0.256 e. The first-order chi connectivity index (χ1) is 19.7. The topological polar surface area (TPSA) is 85.8 Å². The van der Waals surface area contributed by atoms with Crippen LogP contribution in [0.2, 0.25) is 10.0 Å². The summed E-state index contributed by atoms with van der Waals surface area (Å²) in [6, 6.07) is 14.6. The molecule has 0 unspecified atom stereocenters. The van der Waals surface area contributed by atoms with E-state index in [4.69, 9.17) is 23.2 Å². The normalized spacial score (nSPS) is 14.0. The van der Waals surface area contributed by atoms with Crippen LogP contribution in [-0.4, -0.2) is 82.7 Å². The van der Waals surface area contributed by atoms with Crippen molar-refractivity contribution in [3.05, 3.63) is 86.9 Å². The van der Waals surface area contributed by atoms with Crippen molar-refractivity contribution >= 4 is 63.5 Å². The second kappa shape index (κ2) is 14.6. The van der Waals surface area contributed by atoms with Gasteiger partial charge in [-0.1, -0.05) is 65.7 Å². The highest BCUT2D eigenvalue weighted by molar-refractivity contribution is 7.13. The van der Waals surface area contributed by atoms with Gasteiger partial charge >= 0.3 is 0 Å². The molecule has 1 fully saturated rings. The van der Waals surface area contributed by atoms with Gasteiger partial charge in [-0.15, -0.1) is 11.3 Å². The fraction of sp³-hybridized carbons (Fsp3) is 0.333. The number of benzene rings is 2. The Kier molecular flexibility index (Phi) is 10.9. The molecule has 3 aromatic rings. The Balaban J connectivity index is 1.24. The Morgan fingerprint density at radius 1 is 1.07 bits per heavy atom. The number of nitrogens with one attached hydrogen (secondary N) is 1. The monoisotopic (exact) mass is 613 g/mol. The van der Waals surface area contributed by atoms with E-state index >= 15 is 0 Å². The third-order valence-electron chi connectivity index (χ3n) is 6.69. The molecule has 1 aliphatic heterocycles. The van der Waals surface area contributed by atoms with Gasteiger partial charge in [-0.2, -0.15) is 0 Å². The van der Waals surface area contributed by atoms with Crippen molar-refractivity contribution in [2.24, 2.45) is 0 Å². The van der Waals surface area contributed by atoms with Gasteiger partial charge in [0.2, 0.25) is 11.8 Å². The van der Waals surface area contributed by atoms with Crippen LogP contribution in [0.1, 0.15) is 35.5 Å². The standard InChI is InChI=1S/C30H33Cl2N5O3S/c1-21(2)37(29(40)25-11-10-23(31)17-26(25)32)19-27(38)34-30-33-24(20-41-30)18-28(39)36-15-13-35(14-16-36)12-6-9-22-7-4-3-5-8-22/h3-11,17,20-21H,12-16,18-19H2,1-2H3,(H,33,34,38). The molecule has 2 heterocycles. The third-order valence-corrected chi connectivity index (χ3v) is 8.04. The van der Waals surface area contributed by atoms with E-state index in [2.05, 4.69) is 39.5 Å². The van der Waals surface area contributed by atoms with Gasteiger partial charge in [0.25, 0.3) is 5.91 Å². The van der Waals surface area contributed by atoms with Crippen LogP contribution in [0.5, 0.6) is 0 Å². The summed E-state index contributed by atoms with van der Waals surface area (Å²) in [5.74, 6) is -0.736. The van der Waals surface area contributed by atoms with Gasteiger partial charge in [0.05, 0.1) is 22.7 Å². The van der Waals surface area contributed by atoms with Crippen LogP contribution < -0.4 is 5.32 Å². The number of carbonyl (C=O) groups is 3. The van der Waals surface area contributed by atoms with Crippen molar-refractivity contribution in [1.29, 1.82) is 0 Å². The third kappa shape index (κ3) is 8.87. The lowest BCUT2D eigenvalue weighted by Crippen LogP contribution is -2.49. The molecule has 1 aliphatic rings. The lowest BCUT2D eigenvalue weighted by atomic mass is 10.1. The Morgan fingerprint density at radius 3 is 2.49 bits per heavy atom. The van der Waals surface area contributed by atoms with Crippen LogP contribution in [0.3, 0.4) is 0 Å². The minimum atomic E-state index is -0.387. The lowest BCUT2D eigenvalue weighted by molar-refractivity contribution is -0.132. The molecule has 0 bridgehead atoms. The first-order valence-corrected chi connectivity index (χ1v) is 15.0. The summed E-state index contributed by atoms with van der Waals surface area (Å²) < 4.78 is 0. The van der Waals surface area contributed by atoms with Gasteiger partial charge < -0.3 is 15.1 Å². The summed E-state index contributed by atoms with van der Waals surface area (Å²) in [4.78, 5) is 48.8. The van der Waals surface area contributed by atoms with Crippen LogP contribution in [0.15, 0.2) is 60.0 Å². The molecule has 0 saturated carbocycles. The molecule has 1 aromatic heterocycles. The summed E-state index contributed by atoms with van der Waals surface area (Å²) in [5, 5.41) is 5.56. The molecule has 0 aliphatic carbocycles. The molecular formula is C30H33Cl2N5O3S. The number of carbonyl (C=O) groups excluding carboxylic acids is 3. The average molecular weight is 615 g/mol. The highest BCUT2D eigenvalue weighted by Gasteiger charge is 2.25. The predicted octanol–water partition coefficient (Wildman–Crippen LogP) is 5.34. The maximum atomic E-state index is 13.1. The zero-order valence-corrected chi connectivity index (χ0v) is 25.4. The Bertz CT molecular complexity index is 1390. The molecule has 0 atom stereocenters. The van der Waals surface area contributed by atoms with Crippen molar-refractivity contribution in [3.63, 3.8) is 0 Å². The average Bonchev–Trinajstić information content (AvgIpc) is 3.38. The number of anilines is 1. The molecule has 11 heteroatoms. The van der Waals surface area contributed by atoms with E-state index in [-0.39, 0.29) is 47.3 Å². The first-order valence-electron chi connectivity index (χ1n) is 13.4. The Labute approximate surface area is 254 Å². The number of nitrogens with zero attached hydrogens (tertiary/aromatic N) is 4. The molecule has 3 amide bonds. The first kappa shape index (κ1) is 30.7. The molecule has 1 saturated heterocycles. The summed E-state index contributed by atoms with van der Waals surface area (Å²) in [6.07, 6.45) is 4.44. The summed E-state index contributed by atoms with van der Waals surface area (Å²) >= 11 is 13.4. The SMILES string of the molecule is CC(C)N(CC(=O)Nc1nc(CC(=O)N2CCN(CC=Cc3ccccc3)CC2)cs1)C(=O)c1ccc(Cl)cc1Cl. The minimum absolute atomic E-state index is 0.0177. The van der Waals surface area contributed by atoms with Gasteiger partial charge in [-0.05, 0) is 37.6 Å². The van der Waals surface area contributed by atoms with Crippen LogP contribution in [0.4, 0.5) is 5.13 Å². The number of piperazine rings is 1. The van der Waals surface area contributed by atoms with Crippen LogP contribution in [0, 0.1) is 0 Å². The van der Waals surface area contributed by atoms with E-state index in [1.807, 2.05) is 36.9 Å². The fourth-order valence-corrected chi connectivity index (χ4v) is 5.63. The second-order valence-electron chi connectivity index (χ2n) is 10.0. The van der Waals surface area contributed by atoms with Crippen molar-refractivity contribution in [2.45, 2.75) is 26.3 Å². The van der Waals surface area contributed by atoms with Crippen molar-refractivity contribution in [1.82, 2.24) is 19.7 Å². The maximum Gasteiger partial charge on any atom is 0.256 e. The summed E-state index contributed by atoms with van der Waals surface area (Å²) in [7, 11) is 0. The predicted molar refractivity (Wildman–Crippen MR) is 166 cm³/mol. The number of amides is 3. The molecule has 0 spiro atoms. The maximum absolute atomic E-state index is 13.1. The Morgan fingerprint density at radius 2 is 1.80 bits per heavy atom. The fourth-order valence-electron chi connectivity index (χ4n) is 4.41. The molecule has 8 nitrogen and oxygen atoms in total. The largest absolute Gasteiger partial charge is 0.340 e.